The maximum Gasteiger partial charge on any atom is 0.179 e. The first-order valence-corrected chi connectivity index (χ1v) is 6.83. The van der Waals surface area contributed by atoms with E-state index < -0.39 is 0 Å². The van der Waals surface area contributed by atoms with Crippen LogP contribution in [0.2, 0.25) is 5.02 Å². The van der Waals surface area contributed by atoms with Gasteiger partial charge in [-0.25, -0.2) is 0 Å². The van der Waals surface area contributed by atoms with E-state index in [9.17, 15) is 5.11 Å². The molecule has 0 radical (unpaired) electrons. The number of halogens is 1. The van der Waals surface area contributed by atoms with Crippen molar-refractivity contribution in [3.8, 4) is 11.5 Å². The lowest BCUT2D eigenvalue weighted by atomic mass is 10.1. The van der Waals surface area contributed by atoms with Crippen molar-refractivity contribution in [3.05, 3.63) is 22.7 Å². The van der Waals surface area contributed by atoms with Gasteiger partial charge in [0.25, 0.3) is 0 Å². The third-order valence-corrected chi connectivity index (χ3v) is 3.81. The van der Waals surface area contributed by atoms with Gasteiger partial charge in [-0.2, -0.15) is 0 Å². The molecule has 0 saturated heterocycles. The van der Waals surface area contributed by atoms with E-state index in [1.54, 1.807) is 14.2 Å². The second kappa shape index (κ2) is 6.46. The Bertz CT molecular complexity index is 435. The van der Waals surface area contributed by atoms with E-state index in [0.29, 0.717) is 16.5 Å². The largest absolute Gasteiger partial charge is 0.493 e. The van der Waals surface area contributed by atoms with Crippen LogP contribution < -0.4 is 14.8 Å². The van der Waals surface area contributed by atoms with E-state index in [1.807, 2.05) is 12.1 Å². The van der Waals surface area contributed by atoms with Crippen molar-refractivity contribution in [1.29, 1.82) is 0 Å². The second-order valence-corrected chi connectivity index (χ2v) is 5.17. The van der Waals surface area contributed by atoms with Crippen molar-refractivity contribution in [1.82, 2.24) is 5.32 Å². The molecule has 106 valence electrons. The molecule has 1 atom stereocenters. The standard InChI is InChI=1S/C14H20ClNO3/c1-18-12-6-5-10(13(15)14(12)19-2)11(8-17)16-7-9-3-4-9/h5-6,9,11,16-17H,3-4,7-8H2,1-2H3. The molecule has 0 bridgehead atoms. The minimum atomic E-state index is -0.173. The Kier molecular flexibility index (Phi) is 4.91. The molecule has 1 aliphatic rings. The van der Waals surface area contributed by atoms with Crippen LogP contribution in [0.4, 0.5) is 0 Å². The molecule has 0 heterocycles. The van der Waals surface area contributed by atoms with Crippen molar-refractivity contribution in [2.24, 2.45) is 5.92 Å². The number of ether oxygens (including phenoxy) is 2. The summed E-state index contributed by atoms with van der Waals surface area (Å²) in [6.45, 7) is 0.915. The lowest BCUT2D eigenvalue weighted by Gasteiger charge is -2.20. The fraction of sp³-hybridized carbons (Fsp3) is 0.571. The summed E-state index contributed by atoms with van der Waals surface area (Å²) in [4.78, 5) is 0. The molecule has 2 rings (SSSR count). The average Bonchev–Trinajstić information content (AvgIpc) is 3.24. The van der Waals surface area contributed by atoms with Gasteiger partial charge in [-0.05, 0) is 36.9 Å². The van der Waals surface area contributed by atoms with Gasteiger partial charge in [-0.15, -0.1) is 0 Å². The van der Waals surface area contributed by atoms with Crippen molar-refractivity contribution in [2.45, 2.75) is 18.9 Å². The van der Waals surface area contributed by atoms with Gasteiger partial charge in [0.05, 0.1) is 31.9 Å². The lowest BCUT2D eigenvalue weighted by Crippen LogP contribution is -2.26. The number of methoxy groups -OCH3 is 2. The van der Waals surface area contributed by atoms with Crippen LogP contribution in [0.5, 0.6) is 11.5 Å². The molecular formula is C14H20ClNO3. The third kappa shape index (κ3) is 3.32. The molecule has 0 aromatic heterocycles. The monoisotopic (exact) mass is 285 g/mol. The minimum Gasteiger partial charge on any atom is -0.493 e. The number of hydrogen-bond donors (Lipinski definition) is 2. The summed E-state index contributed by atoms with van der Waals surface area (Å²) in [5, 5.41) is 13.4. The Labute approximate surface area is 118 Å². The topological polar surface area (TPSA) is 50.7 Å². The maximum absolute atomic E-state index is 9.53. The van der Waals surface area contributed by atoms with Gasteiger partial charge in [0.2, 0.25) is 0 Å². The highest BCUT2D eigenvalue weighted by molar-refractivity contribution is 6.33. The van der Waals surface area contributed by atoms with Crippen LogP contribution in [0.1, 0.15) is 24.4 Å². The van der Waals surface area contributed by atoms with Crippen LogP contribution in [-0.4, -0.2) is 32.5 Å². The Hall–Kier alpha value is -0.970. The first kappa shape index (κ1) is 14.4. The van der Waals surface area contributed by atoms with Crippen molar-refractivity contribution in [2.75, 3.05) is 27.4 Å². The van der Waals surface area contributed by atoms with Gasteiger partial charge < -0.3 is 19.9 Å². The van der Waals surface area contributed by atoms with Crippen molar-refractivity contribution in [3.63, 3.8) is 0 Å². The van der Waals surface area contributed by atoms with Crippen LogP contribution in [-0.2, 0) is 0 Å². The zero-order valence-corrected chi connectivity index (χ0v) is 12.0. The van der Waals surface area contributed by atoms with Crippen LogP contribution in [0.15, 0.2) is 12.1 Å². The third-order valence-electron chi connectivity index (χ3n) is 3.42. The highest BCUT2D eigenvalue weighted by Crippen LogP contribution is 2.39. The first-order valence-electron chi connectivity index (χ1n) is 6.45. The Morgan fingerprint density at radius 2 is 2.11 bits per heavy atom. The molecule has 19 heavy (non-hydrogen) atoms. The molecule has 1 aliphatic carbocycles. The summed E-state index contributed by atoms with van der Waals surface area (Å²) in [6.07, 6.45) is 2.54. The molecule has 4 nitrogen and oxygen atoms in total. The predicted octanol–water partition coefficient (Wildman–Crippen LogP) is 2.39. The van der Waals surface area contributed by atoms with Crippen molar-refractivity contribution >= 4 is 11.6 Å². The smallest absolute Gasteiger partial charge is 0.179 e. The number of benzene rings is 1. The fourth-order valence-electron chi connectivity index (χ4n) is 2.08. The van der Waals surface area contributed by atoms with E-state index in [4.69, 9.17) is 21.1 Å². The normalized spacial score (nSPS) is 16.2. The van der Waals surface area contributed by atoms with E-state index in [1.165, 1.54) is 12.8 Å². The van der Waals surface area contributed by atoms with E-state index in [-0.39, 0.29) is 12.6 Å². The number of hydrogen-bond acceptors (Lipinski definition) is 4. The number of aliphatic hydroxyl groups excluding tert-OH is 1. The fourth-order valence-corrected chi connectivity index (χ4v) is 2.44. The zero-order valence-electron chi connectivity index (χ0n) is 11.3. The molecule has 2 N–H and O–H groups in total. The van der Waals surface area contributed by atoms with Crippen LogP contribution in [0, 0.1) is 5.92 Å². The molecule has 0 spiro atoms. The SMILES string of the molecule is COc1ccc(C(CO)NCC2CC2)c(Cl)c1OC. The van der Waals surface area contributed by atoms with Gasteiger partial charge in [0, 0.05) is 0 Å². The Balaban J connectivity index is 2.20. The predicted molar refractivity (Wildman–Crippen MR) is 75.1 cm³/mol. The molecule has 1 aromatic rings. The van der Waals surface area contributed by atoms with Crippen molar-refractivity contribution < 1.29 is 14.6 Å². The first-order chi connectivity index (χ1) is 9.21. The van der Waals surface area contributed by atoms with E-state index in [0.717, 1.165) is 18.0 Å². The zero-order chi connectivity index (χ0) is 13.8. The summed E-state index contributed by atoms with van der Waals surface area (Å²) >= 11 is 6.34. The highest BCUT2D eigenvalue weighted by atomic mass is 35.5. The van der Waals surface area contributed by atoms with Crippen LogP contribution >= 0.6 is 11.6 Å². The van der Waals surface area contributed by atoms with Crippen LogP contribution in [0.25, 0.3) is 0 Å². The van der Waals surface area contributed by atoms with Gasteiger partial charge in [0.1, 0.15) is 0 Å². The van der Waals surface area contributed by atoms with Crippen LogP contribution in [0.3, 0.4) is 0 Å². The molecule has 5 heteroatoms. The molecule has 1 aromatic carbocycles. The second-order valence-electron chi connectivity index (χ2n) is 4.79. The molecule has 1 unspecified atom stereocenters. The Morgan fingerprint density at radius 1 is 1.37 bits per heavy atom. The van der Waals surface area contributed by atoms with Gasteiger partial charge >= 0.3 is 0 Å². The number of nitrogens with one attached hydrogen (secondary N) is 1. The quantitative estimate of drug-likeness (QED) is 0.808. The summed E-state index contributed by atoms with van der Waals surface area (Å²) in [6, 6.07) is 3.50. The van der Waals surface area contributed by atoms with Gasteiger partial charge in [-0.3, -0.25) is 0 Å². The Morgan fingerprint density at radius 3 is 2.63 bits per heavy atom. The highest BCUT2D eigenvalue weighted by Gasteiger charge is 2.24. The van der Waals surface area contributed by atoms with Gasteiger partial charge in [-0.1, -0.05) is 17.7 Å². The number of rotatable bonds is 7. The summed E-state index contributed by atoms with van der Waals surface area (Å²) in [5.41, 5.74) is 0.836. The maximum atomic E-state index is 9.53. The van der Waals surface area contributed by atoms with E-state index in [2.05, 4.69) is 5.32 Å². The summed E-state index contributed by atoms with van der Waals surface area (Å²) in [7, 11) is 3.13. The summed E-state index contributed by atoms with van der Waals surface area (Å²) < 4.78 is 10.5. The molecule has 1 fully saturated rings. The van der Waals surface area contributed by atoms with E-state index >= 15 is 0 Å². The minimum absolute atomic E-state index is 0.00191. The van der Waals surface area contributed by atoms with Gasteiger partial charge in [0.15, 0.2) is 11.5 Å². The molecule has 0 amide bonds. The summed E-state index contributed by atoms with van der Waals surface area (Å²) in [5.74, 6) is 1.84. The molecule has 0 aliphatic heterocycles. The average molecular weight is 286 g/mol. The number of aliphatic hydroxyl groups is 1. The lowest BCUT2D eigenvalue weighted by molar-refractivity contribution is 0.243. The molecule has 1 saturated carbocycles. The molecular weight excluding hydrogens is 266 g/mol.